The Kier molecular flexibility index (Phi) is 13.1. The van der Waals surface area contributed by atoms with Crippen LogP contribution >= 0.6 is 12.0 Å². The van der Waals surface area contributed by atoms with Gasteiger partial charge < -0.3 is 14.1 Å². The van der Waals surface area contributed by atoms with E-state index in [1.54, 1.807) is 24.3 Å². The first-order valence-corrected chi connectivity index (χ1v) is 22.4. The summed E-state index contributed by atoms with van der Waals surface area (Å²) in [5, 5.41) is 11.7. The van der Waals surface area contributed by atoms with Crippen LogP contribution < -0.4 is 14.2 Å². The Hall–Kier alpha value is -5.99. The Morgan fingerprint density at radius 1 is 0.770 bits per heavy atom. The molecule has 7 aromatic rings. The van der Waals surface area contributed by atoms with Crippen molar-refractivity contribution in [2.45, 2.75) is 43.2 Å². The Bertz CT molecular complexity index is 2740. The van der Waals surface area contributed by atoms with Crippen LogP contribution in [0.3, 0.4) is 0 Å². The first-order chi connectivity index (χ1) is 29.8. The first kappa shape index (κ1) is 41.7. The van der Waals surface area contributed by atoms with Crippen molar-refractivity contribution < 1.29 is 41.3 Å². The second-order valence-corrected chi connectivity index (χ2v) is 17.1. The maximum atomic E-state index is 12.8. The molecule has 0 radical (unpaired) electrons. The van der Waals surface area contributed by atoms with E-state index in [0.29, 0.717) is 48.1 Å². The molecule has 0 bridgehead atoms. The largest absolute Gasteiger partial charge is 0.439 e. The van der Waals surface area contributed by atoms with Crippen molar-refractivity contribution in [3.63, 3.8) is 0 Å². The summed E-state index contributed by atoms with van der Waals surface area (Å²) in [5.41, 5.74) is 8.96. The number of hydrogen-bond acceptors (Lipinski definition) is 9. The predicted molar refractivity (Wildman–Crippen MR) is 240 cm³/mol. The van der Waals surface area contributed by atoms with Crippen molar-refractivity contribution in [2.75, 3.05) is 11.4 Å². The van der Waals surface area contributed by atoms with Crippen molar-refractivity contribution in [3.05, 3.63) is 192 Å². The molecule has 0 spiro atoms. The summed E-state index contributed by atoms with van der Waals surface area (Å²) >= 11 is 1.03. The fourth-order valence-corrected chi connectivity index (χ4v) is 9.22. The van der Waals surface area contributed by atoms with E-state index in [2.05, 4.69) is 46.9 Å². The van der Waals surface area contributed by atoms with Gasteiger partial charge in [-0.25, -0.2) is 5.26 Å². The minimum absolute atomic E-state index is 0.0999. The fraction of sp³-hybridized carbons (Fsp3) is 0.163. The minimum atomic E-state index is -4.44. The Balaban J connectivity index is 1.19. The van der Waals surface area contributed by atoms with Crippen molar-refractivity contribution in [2.24, 2.45) is 0 Å². The molecule has 0 aliphatic carbocycles. The molecule has 1 aromatic heterocycles. The zero-order chi connectivity index (χ0) is 42.2. The van der Waals surface area contributed by atoms with E-state index >= 15 is 0 Å². The molecule has 0 saturated heterocycles. The SMILES string of the molecule is CCC(=Cc1oc2ccc(-c3ccccc3)cc2[n+]1CCC(SOOO)c1ccccc1)C=C1Oc2ccc(-c3ccccc3)cc2N1CCC(c1ccccc1)S(=O)(=O)O. The third-order valence-corrected chi connectivity index (χ3v) is 12.9. The van der Waals surface area contributed by atoms with Crippen LogP contribution in [0.1, 0.15) is 53.7 Å². The highest BCUT2D eigenvalue weighted by Gasteiger charge is 2.32. The lowest BCUT2D eigenvalue weighted by Crippen LogP contribution is -2.36. The molecular formula is C49H45N2O8S2+. The van der Waals surface area contributed by atoms with E-state index in [9.17, 15) is 13.0 Å². The molecule has 0 fully saturated rings. The number of fused-ring (bicyclic) bond motifs is 2. The lowest BCUT2D eigenvalue weighted by Gasteiger charge is -2.22. The molecule has 1 aliphatic rings. The molecule has 2 heterocycles. The van der Waals surface area contributed by atoms with Gasteiger partial charge in [0.25, 0.3) is 15.6 Å². The summed E-state index contributed by atoms with van der Waals surface area (Å²) in [6.45, 7) is 2.82. The first-order valence-electron chi connectivity index (χ1n) is 20.1. The number of anilines is 1. The summed E-state index contributed by atoms with van der Waals surface area (Å²) in [6.07, 6.45) is 5.29. The van der Waals surface area contributed by atoms with Gasteiger partial charge in [-0.1, -0.05) is 145 Å². The Labute approximate surface area is 359 Å². The molecule has 0 saturated carbocycles. The Morgan fingerprint density at radius 2 is 1.38 bits per heavy atom. The van der Waals surface area contributed by atoms with Gasteiger partial charge in [-0.05, 0) is 70.0 Å². The quantitative estimate of drug-likeness (QED) is 0.0301. The summed E-state index contributed by atoms with van der Waals surface area (Å²) < 4.78 is 56.4. The average molecular weight is 854 g/mol. The van der Waals surface area contributed by atoms with Crippen LogP contribution in [0.25, 0.3) is 39.4 Å². The summed E-state index contributed by atoms with van der Waals surface area (Å²) in [6, 6.07) is 51.1. The van der Waals surface area contributed by atoms with Gasteiger partial charge in [-0.3, -0.25) is 4.55 Å². The topological polar surface area (TPSA) is 123 Å². The zero-order valence-electron chi connectivity index (χ0n) is 33.4. The lowest BCUT2D eigenvalue weighted by molar-refractivity contribution is -0.678. The highest BCUT2D eigenvalue weighted by molar-refractivity contribution is 7.94. The van der Waals surface area contributed by atoms with E-state index < -0.39 is 15.4 Å². The summed E-state index contributed by atoms with van der Waals surface area (Å²) in [7, 11) is -4.44. The highest BCUT2D eigenvalue weighted by atomic mass is 32.2. The third kappa shape index (κ3) is 9.81. The van der Waals surface area contributed by atoms with E-state index in [1.807, 2.05) is 120 Å². The molecule has 12 heteroatoms. The highest BCUT2D eigenvalue weighted by Crippen LogP contribution is 2.43. The maximum Gasteiger partial charge on any atom is 0.374 e. The van der Waals surface area contributed by atoms with Gasteiger partial charge in [0.2, 0.25) is 11.5 Å². The van der Waals surface area contributed by atoms with Crippen LogP contribution in [0.4, 0.5) is 5.69 Å². The van der Waals surface area contributed by atoms with Gasteiger partial charge in [0.1, 0.15) is 5.25 Å². The molecule has 2 atom stereocenters. The van der Waals surface area contributed by atoms with Crippen molar-refractivity contribution in [3.8, 4) is 28.0 Å². The molecule has 61 heavy (non-hydrogen) atoms. The molecule has 6 aromatic carbocycles. The van der Waals surface area contributed by atoms with Crippen LogP contribution in [-0.2, 0) is 26.0 Å². The van der Waals surface area contributed by atoms with E-state index in [-0.39, 0.29) is 18.2 Å². The standard InChI is InChI=1S/C49H44N2O8S2/c1-2-35(31-48-50(29-27-46(60-59-58-52)38-19-11-5-12-20-38)42-33-40(23-25-44(42)56-48)36-15-7-3-8-16-36)32-49-51(30-28-47(61(53,54)55)39-21-13-6-14-22-39)43-34-41(24-26-45(43)57-49)37-17-9-4-10-18-37/h3-26,31-34,46-47H,2,27-30H2,1H3,(H-,52,53,54,55)/p+1. The molecule has 10 nitrogen and oxygen atoms in total. The monoisotopic (exact) mass is 853 g/mol. The summed E-state index contributed by atoms with van der Waals surface area (Å²) in [4.78, 5) is 1.98. The van der Waals surface area contributed by atoms with Gasteiger partial charge in [-0.15, -0.1) is 4.33 Å². The zero-order valence-corrected chi connectivity index (χ0v) is 35.0. The van der Waals surface area contributed by atoms with E-state index in [1.165, 1.54) is 0 Å². The molecule has 2 N–H and O–H groups in total. The number of aryl methyl sites for hydroxylation is 1. The fourth-order valence-electron chi connectivity index (χ4n) is 7.71. The Morgan fingerprint density at radius 3 is 2.00 bits per heavy atom. The molecular weight excluding hydrogens is 809 g/mol. The average Bonchev–Trinajstić information content (AvgIpc) is 3.82. The molecule has 8 rings (SSSR count). The number of nitrogens with zero attached hydrogens (tertiary/aromatic N) is 2. The van der Waals surface area contributed by atoms with Crippen LogP contribution in [0.15, 0.2) is 180 Å². The van der Waals surface area contributed by atoms with Crippen molar-refractivity contribution in [1.82, 2.24) is 0 Å². The van der Waals surface area contributed by atoms with E-state index in [0.717, 1.165) is 56.6 Å². The number of ether oxygens (including phenoxy) is 1. The van der Waals surface area contributed by atoms with Gasteiger partial charge in [0.05, 0.1) is 17.0 Å². The van der Waals surface area contributed by atoms with Gasteiger partial charge in [0.15, 0.2) is 12.3 Å². The normalized spacial score (nSPS) is 14.6. The van der Waals surface area contributed by atoms with Gasteiger partial charge in [-0.2, -0.15) is 13.0 Å². The smallest absolute Gasteiger partial charge is 0.374 e. The number of hydrogen-bond donors (Lipinski definition) is 2. The number of aromatic nitrogens is 1. The van der Waals surface area contributed by atoms with Gasteiger partial charge >= 0.3 is 5.89 Å². The number of allylic oxidation sites excluding steroid dienone is 2. The molecule has 2 unspecified atom stereocenters. The number of rotatable bonds is 17. The van der Waals surface area contributed by atoms with Crippen molar-refractivity contribution in [1.29, 1.82) is 0 Å². The maximum absolute atomic E-state index is 12.8. The minimum Gasteiger partial charge on any atom is -0.439 e. The number of benzene rings is 6. The van der Waals surface area contributed by atoms with Crippen molar-refractivity contribution >= 4 is 45.0 Å². The molecule has 1 aliphatic heterocycles. The summed E-state index contributed by atoms with van der Waals surface area (Å²) in [5.74, 6) is 1.77. The van der Waals surface area contributed by atoms with Crippen LogP contribution in [0, 0.1) is 0 Å². The molecule has 310 valence electrons. The third-order valence-electron chi connectivity index (χ3n) is 10.8. The lowest BCUT2D eigenvalue weighted by atomic mass is 10.0. The van der Waals surface area contributed by atoms with Gasteiger partial charge in [0, 0.05) is 37.2 Å². The van der Waals surface area contributed by atoms with E-state index in [4.69, 9.17) is 18.7 Å². The van der Waals surface area contributed by atoms with Crippen LogP contribution in [0.5, 0.6) is 5.75 Å². The predicted octanol–water partition coefficient (Wildman–Crippen LogP) is 11.8. The molecule has 0 amide bonds. The van der Waals surface area contributed by atoms with Crippen LogP contribution in [0.2, 0.25) is 0 Å². The second-order valence-electron chi connectivity index (χ2n) is 14.6. The number of oxazole rings is 1. The van der Waals surface area contributed by atoms with Crippen LogP contribution in [-0.4, -0.2) is 24.8 Å². The second kappa shape index (κ2) is 19.2.